The van der Waals surface area contributed by atoms with Crippen LogP contribution in [0.2, 0.25) is 0 Å². The number of hydrogen-bond acceptors (Lipinski definition) is 4. The maximum absolute atomic E-state index is 13.7. The van der Waals surface area contributed by atoms with Gasteiger partial charge in [-0.05, 0) is 96.3 Å². The minimum atomic E-state index is -0.539. The van der Waals surface area contributed by atoms with Gasteiger partial charge in [0.25, 0.3) is 11.8 Å². The highest BCUT2D eigenvalue weighted by Crippen LogP contribution is 2.37. The van der Waals surface area contributed by atoms with Gasteiger partial charge < -0.3 is 10.6 Å². The van der Waals surface area contributed by atoms with Gasteiger partial charge in [0.1, 0.15) is 11.5 Å². The number of aryl methyl sites for hydroxylation is 2. The Labute approximate surface area is 271 Å². The van der Waals surface area contributed by atoms with E-state index in [0.717, 1.165) is 40.2 Å². The molecule has 3 amide bonds. The van der Waals surface area contributed by atoms with Gasteiger partial charge in [0, 0.05) is 16.1 Å². The van der Waals surface area contributed by atoms with E-state index in [1.54, 1.807) is 42.5 Å². The van der Waals surface area contributed by atoms with Crippen LogP contribution in [-0.4, -0.2) is 23.5 Å². The smallest absolute Gasteiger partial charge is 0.272 e. The first-order chi connectivity index (χ1) is 22.4. The maximum atomic E-state index is 13.7. The number of carbonyl (C=O) groups is 3. The summed E-state index contributed by atoms with van der Waals surface area (Å²) in [5.74, 6) is -1.19. The molecule has 0 atom stereocenters. The van der Waals surface area contributed by atoms with E-state index < -0.39 is 17.6 Å². The van der Waals surface area contributed by atoms with E-state index >= 15 is 0 Å². The van der Waals surface area contributed by atoms with Crippen molar-refractivity contribution in [2.75, 3.05) is 16.0 Å². The lowest BCUT2D eigenvalue weighted by Gasteiger charge is -2.25. The minimum absolute atomic E-state index is 0.00234. The molecular weight excluding hydrogens is 598 g/mol. The van der Waals surface area contributed by atoms with Crippen LogP contribution in [-0.2, 0) is 22.4 Å². The quantitative estimate of drug-likeness (QED) is 0.136. The largest absolute Gasteiger partial charge is 0.321 e. The fourth-order valence-electron chi connectivity index (χ4n) is 5.26. The predicted octanol–water partition coefficient (Wildman–Crippen LogP) is 7.79. The molecule has 0 saturated carbocycles. The lowest BCUT2D eigenvalue weighted by molar-refractivity contribution is -0.115. The number of thioether (sulfide) groups is 1. The predicted molar refractivity (Wildman–Crippen MR) is 182 cm³/mol. The second-order valence-corrected chi connectivity index (χ2v) is 11.7. The number of fused-ring (bicyclic) bond motifs is 2. The van der Waals surface area contributed by atoms with Gasteiger partial charge in [-0.25, -0.2) is 4.39 Å². The number of rotatable bonds is 8. The first kappa shape index (κ1) is 30.6. The second kappa shape index (κ2) is 14.1. The summed E-state index contributed by atoms with van der Waals surface area (Å²) in [5, 5.41) is 5.50. The molecule has 0 bridgehead atoms. The molecule has 0 fully saturated rings. The third kappa shape index (κ3) is 7.25. The van der Waals surface area contributed by atoms with Gasteiger partial charge in [-0.2, -0.15) is 0 Å². The normalized spacial score (nSPS) is 12.4. The first-order valence-electron chi connectivity index (χ1n) is 14.8. The Morgan fingerprint density at radius 2 is 1.30 bits per heavy atom. The molecule has 1 aliphatic rings. The summed E-state index contributed by atoms with van der Waals surface area (Å²) >= 11 is 1.42. The molecule has 6 nitrogen and oxygen atoms in total. The molecule has 8 heteroatoms. The van der Waals surface area contributed by atoms with Crippen molar-refractivity contribution in [3.05, 3.63) is 161 Å². The average molecular weight is 628 g/mol. The topological polar surface area (TPSA) is 78.5 Å². The van der Waals surface area contributed by atoms with Crippen LogP contribution in [0.5, 0.6) is 0 Å². The molecule has 0 spiro atoms. The molecule has 46 heavy (non-hydrogen) atoms. The molecule has 5 aromatic carbocycles. The zero-order valence-corrected chi connectivity index (χ0v) is 25.6. The molecule has 0 unspecified atom stereocenters. The zero-order chi connectivity index (χ0) is 31.9. The van der Waals surface area contributed by atoms with Crippen molar-refractivity contribution in [3.8, 4) is 0 Å². The molecule has 228 valence electrons. The highest BCUT2D eigenvalue weighted by Gasteiger charge is 2.25. The van der Waals surface area contributed by atoms with E-state index in [4.69, 9.17) is 0 Å². The van der Waals surface area contributed by atoms with Crippen LogP contribution >= 0.6 is 11.8 Å². The van der Waals surface area contributed by atoms with Crippen molar-refractivity contribution in [2.45, 2.75) is 17.7 Å². The van der Waals surface area contributed by atoms with Gasteiger partial charge in [0.05, 0.1) is 17.1 Å². The molecule has 2 N–H and O–H groups in total. The van der Waals surface area contributed by atoms with Gasteiger partial charge in [0.15, 0.2) is 0 Å². The van der Waals surface area contributed by atoms with Crippen LogP contribution in [0.1, 0.15) is 27.0 Å². The summed E-state index contributed by atoms with van der Waals surface area (Å²) in [7, 11) is 0. The summed E-state index contributed by atoms with van der Waals surface area (Å²) in [4.78, 5) is 42.6. The number of hydrogen-bond donors (Lipinski definition) is 2. The molecule has 0 saturated heterocycles. The van der Waals surface area contributed by atoms with E-state index in [1.807, 2.05) is 53.4 Å². The van der Waals surface area contributed by atoms with Crippen molar-refractivity contribution in [3.63, 3.8) is 0 Å². The van der Waals surface area contributed by atoms with E-state index in [1.165, 1.54) is 42.1 Å². The zero-order valence-electron chi connectivity index (χ0n) is 24.8. The number of carbonyl (C=O) groups excluding carboxylic acids is 3. The van der Waals surface area contributed by atoms with Gasteiger partial charge in [-0.1, -0.05) is 66.7 Å². The van der Waals surface area contributed by atoms with Crippen LogP contribution in [0.4, 0.5) is 21.5 Å². The number of amides is 3. The summed E-state index contributed by atoms with van der Waals surface area (Å²) in [6, 6.07) is 37.4. The molecule has 1 heterocycles. The van der Waals surface area contributed by atoms with Crippen molar-refractivity contribution in [1.82, 2.24) is 5.32 Å². The summed E-state index contributed by atoms with van der Waals surface area (Å²) in [6.07, 6.45) is 3.23. The van der Waals surface area contributed by atoms with Crippen LogP contribution in [0.15, 0.2) is 138 Å². The van der Waals surface area contributed by atoms with E-state index in [2.05, 4.69) is 22.8 Å². The Morgan fingerprint density at radius 1 is 0.717 bits per heavy atom. The molecule has 0 aliphatic carbocycles. The highest BCUT2D eigenvalue weighted by molar-refractivity contribution is 8.00. The Morgan fingerprint density at radius 3 is 1.93 bits per heavy atom. The number of halogens is 1. The van der Waals surface area contributed by atoms with Crippen molar-refractivity contribution in [1.29, 1.82) is 0 Å². The van der Waals surface area contributed by atoms with E-state index in [0.29, 0.717) is 16.8 Å². The van der Waals surface area contributed by atoms with Crippen molar-refractivity contribution in [2.24, 2.45) is 0 Å². The van der Waals surface area contributed by atoms with Crippen molar-refractivity contribution >= 4 is 52.6 Å². The van der Waals surface area contributed by atoms with Crippen LogP contribution < -0.4 is 15.5 Å². The van der Waals surface area contributed by atoms with E-state index in [9.17, 15) is 18.8 Å². The number of nitrogens with zero attached hydrogens (tertiary/aromatic N) is 1. The summed E-state index contributed by atoms with van der Waals surface area (Å²) < 4.78 is 13.5. The molecule has 6 rings (SSSR count). The first-order valence-corrected chi connectivity index (χ1v) is 15.8. The lowest BCUT2D eigenvalue weighted by Crippen LogP contribution is -2.30. The fourth-order valence-corrected chi connectivity index (χ4v) is 6.01. The third-order valence-corrected chi connectivity index (χ3v) is 8.56. The van der Waals surface area contributed by atoms with Gasteiger partial charge >= 0.3 is 0 Å². The number of nitrogens with one attached hydrogen (secondary N) is 2. The van der Waals surface area contributed by atoms with Gasteiger partial charge in [0.2, 0.25) is 5.91 Å². The molecule has 0 radical (unpaired) electrons. The molecular formula is C38H30FN3O3S. The van der Waals surface area contributed by atoms with Crippen molar-refractivity contribution < 1.29 is 18.8 Å². The maximum Gasteiger partial charge on any atom is 0.272 e. The van der Waals surface area contributed by atoms with Gasteiger partial charge in [-0.15, -0.1) is 11.8 Å². The molecule has 0 aromatic heterocycles. The second-order valence-electron chi connectivity index (χ2n) is 10.7. The summed E-state index contributed by atoms with van der Waals surface area (Å²) in [5.41, 5.74) is 5.57. The summed E-state index contributed by atoms with van der Waals surface area (Å²) in [6.45, 7) is 0. The standard InChI is InChI=1S/C38H30FN3O3S/c39-30-18-14-26(15-19-30)24-33(41-37(44)29-10-2-1-3-11-29)38(45)40-31-20-22-32(23-21-31)46-25-36(43)42-34-12-6-4-8-27(34)16-17-28-9-5-7-13-35(28)42/h1-15,18-24H,16-17,25H2,(H,40,45)(H,41,44)/b33-24-. The fraction of sp³-hybridized carbons (Fsp3) is 0.0789. The lowest BCUT2D eigenvalue weighted by atomic mass is 10.0. The van der Waals surface area contributed by atoms with Crippen LogP contribution in [0.25, 0.3) is 6.08 Å². The number of para-hydroxylation sites is 2. The highest BCUT2D eigenvalue weighted by atomic mass is 32.2. The Hall–Kier alpha value is -5.47. The third-order valence-electron chi connectivity index (χ3n) is 7.56. The van der Waals surface area contributed by atoms with Crippen LogP contribution in [0.3, 0.4) is 0 Å². The Kier molecular flexibility index (Phi) is 9.36. The Bertz CT molecular complexity index is 1860. The molecule has 1 aliphatic heterocycles. The monoisotopic (exact) mass is 627 g/mol. The minimum Gasteiger partial charge on any atom is -0.321 e. The SMILES string of the molecule is O=C(Nc1ccc(SCC(=O)N2c3ccccc3CCc3ccccc32)cc1)/C(=C/c1ccc(F)cc1)NC(=O)c1ccccc1. The number of benzene rings is 5. The Balaban J connectivity index is 1.14. The average Bonchev–Trinajstić information content (AvgIpc) is 3.26. The van der Waals surface area contributed by atoms with Crippen LogP contribution in [0, 0.1) is 5.82 Å². The molecule has 5 aromatic rings. The van der Waals surface area contributed by atoms with E-state index in [-0.39, 0.29) is 17.4 Å². The van der Waals surface area contributed by atoms with Gasteiger partial charge in [-0.3, -0.25) is 19.3 Å². The number of anilines is 3.